The molecule has 172 valence electrons. The van der Waals surface area contributed by atoms with E-state index in [9.17, 15) is 19.3 Å². The number of rotatable bonds is 5. The molecule has 0 radical (unpaired) electrons. The standard InChI is InChI=1S/C23H20FN7O3/c24-17-7-5-15(22-28-27-21-4-2-1-3-10-30(21)22)12-18(17)26-23(32)16-6-8-19(20(13-16)31(33)34)29-11-9-25-14-29/h5-9,11-14H,1-4,10H2,(H,26,32). The Labute approximate surface area is 193 Å². The van der Waals surface area contributed by atoms with Gasteiger partial charge in [0.15, 0.2) is 5.82 Å². The van der Waals surface area contributed by atoms with Gasteiger partial charge in [-0.2, -0.15) is 0 Å². The number of aryl methyl sites for hydroxylation is 1. The maximum absolute atomic E-state index is 14.6. The van der Waals surface area contributed by atoms with Crippen molar-refractivity contribution < 1.29 is 14.1 Å². The molecule has 34 heavy (non-hydrogen) atoms. The predicted octanol–water partition coefficient (Wildman–Crippen LogP) is 4.16. The highest BCUT2D eigenvalue weighted by molar-refractivity contribution is 6.05. The second-order valence-corrected chi connectivity index (χ2v) is 7.98. The van der Waals surface area contributed by atoms with E-state index in [0.29, 0.717) is 11.4 Å². The molecule has 1 N–H and O–H groups in total. The Kier molecular flexibility index (Phi) is 5.58. The topological polar surface area (TPSA) is 121 Å². The number of aromatic nitrogens is 5. The highest BCUT2D eigenvalue weighted by Gasteiger charge is 2.21. The van der Waals surface area contributed by atoms with Crippen LogP contribution in [0, 0.1) is 15.9 Å². The number of amides is 1. The fourth-order valence-electron chi connectivity index (χ4n) is 4.08. The van der Waals surface area contributed by atoms with Gasteiger partial charge in [-0.05, 0) is 43.2 Å². The molecular formula is C23H20FN7O3. The van der Waals surface area contributed by atoms with Crippen molar-refractivity contribution in [2.24, 2.45) is 0 Å². The lowest BCUT2D eigenvalue weighted by Crippen LogP contribution is -2.14. The Morgan fingerprint density at radius 1 is 1.12 bits per heavy atom. The van der Waals surface area contributed by atoms with Crippen LogP contribution in [0.25, 0.3) is 17.1 Å². The quantitative estimate of drug-likeness (QED) is 0.352. The minimum absolute atomic E-state index is 0.0247. The molecule has 2 aromatic carbocycles. The minimum atomic E-state index is -0.670. The van der Waals surface area contributed by atoms with Crippen LogP contribution in [0.2, 0.25) is 0 Å². The molecule has 0 saturated heterocycles. The van der Waals surface area contributed by atoms with E-state index in [1.165, 1.54) is 41.4 Å². The number of anilines is 1. The summed E-state index contributed by atoms with van der Waals surface area (Å²) in [5.41, 5.74) is 0.594. The van der Waals surface area contributed by atoms with Crippen LogP contribution in [-0.2, 0) is 13.0 Å². The molecule has 0 atom stereocenters. The average Bonchev–Trinajstić information content (AvgIpc) is 3.45. The number of benzene rings is 2. The first-order chi connectivity index (χ1) is 16.5. The molecule has 0 aliphatic carbocycles. The number of hydrogen-bond donors (Lipinski definition) is 1. The van der Waals surface area contributed by atoms with Gasteiger partial charge in [-0.25, -0.2) is 9.37 Å². The van der Waals surface area contributed by atoms with E-state index in [4.69, 9.17) is 0 Å². The van der Waals surface area contributed by atoms with Crippen LogP contribution in [0.3, 0.4) is 0 Å². The third kappa shape index (κ3) is 4.03. The SMILES string of the molecule is O=C(Nc1cc(-c2nnc3n2CCCCC3)ccc1F)c1ccc(-n2ccnc2)c([N+](=O)[O-])c1. The van der Waals surface area contributed by atoms with Crippen LogP contribution >= 0.6 is 0 Å². The molecule has 1 aliphatic rings. The van der Waals surface area contributed by atoms with Crippen molar-refractivity contribution in [2.75, 3.05) is 5.32 Å². The fourth-order valence-corrected chi connectivity index (χ4v) is 4.08. The number of halogens is 1. The lowest BCUT2D eigenvalue weighted by Gasteiger charge is -2.11. The van der Waals surface area contributed by atoms with Gasteiger partial charge in [-0.15, -0.1) is 10.2 Å². The zero-order chi connectivity index (χ0) is 23.7. The van der Waals surface area contributed by atoms with Crippen LogP contribution in [-0.4, -0.2) is 35.1 Å². The van der Waals surface area contributed by atoms with Gasteiger partial charge in [0.25, 0.3) is 11.6 Å². The Bertz CT molecular complexity index is 1380. The summed E-state index contributed by atoms with van der Waals surface area (Å²) < 4.78 is 18.1. The molecule has 4 aromatic rings. The van der Waals surface area contributed by atoms with E-state index in [0.717, 1.165) is 44.1 Å². The summed E-state index contributed by atoms with van der Waals surface area (Å²) in [6, 6.07) is 8.41. The molecule has 0 unspecified atom stereocenters. The van der Waals surface area contributed by atoms with E-state index in [1.807, 2.05) is 4.57 Å². The van der Waals surface area contributed by atoms with E-state index in [1.54, 1.807) is 12.3 Å². The first kappa shape index (κ1) is 21.4. The largest absolute Gasteiger partial charge is 0.319 e. The molecule has 0 fully saturated rings. The number of nitro groups is 1. The first-order valence-electron chi connectivity index (χ1n) is 10.8. The number of hydrogen-bond acceptors (Lipinski definition) is 6. The number of nitrogens with one attached hydrogen (secondary N) is 1. The lowest BCUT2D eigenvalue weighted by molar-refractivity contribution is -0.384. The second kappa shape index (κ2) is 8.85. The number of nitro benzene ring substituents is 1. The van der Waals surface area contributed by atoms with Gasteiger partial charge in [0.05, 0.1) is 16.9 Å². The van der Waals surface area contributed by atoms with Gasteiger partial charge in [0.2, 0.25) is 0 Å². The van der Waals surface area contributed by atoms with Gasteiger partial charge < -0.3 is 14.5 Å². The van der Waals surface area contributed by atoms with E-state index in [-0.39, 0.29) is 22.6 Å². The molecule has 0 spiro atoms. The average molecular weight is 461 g/mol. The molecule has 10 nitrogen and oxygen atoms in total. The Balaban J connectivity index is 1.44. The smallest absolute Gasteiger partial charge is 0.294 e. The van der Waals surface area contributed by atoms with Crippen molar-refractivity contribution in [3.8, 4) is 17.1 Å². The van der Waals surface area contributed by atoms with Crippen LogP contribution in [0.15, 0.2) is 55.1 Å². The lowest BCUT2D eigenvalue weighted by atomic mass is 10.1. The molecule has 0 bridgehead atoms. The summed E-state index contributed by atoms with van der Waals surface area (Å²) in [5, 5.41) is 22.7. The zero-order valence-corrected chi connectivity index (χ0v) is 18.0. The summed E-state index contributed by atoms with van der Waals surface area (Å²) in [4.78, 5) is 27.8. The normalized spacial score (nSPS) is 13.2. The summed E-state index contributed by atoms with van der Waals surface area (Å²) in [6.07, 6.45) is 8.49. The van der Waals surface area contributed by atoms with E-state index < -0.39 is 16.6 Å². The van der Waals surface area contributed by atoms with Crippen LogP contribution in [0.1, 0.15) is 35.4 Å². The van der Waals surface area contributed by atoms with Crippen molar-refractivity contribution >= 4 is 17.3 Å². The maximum Gasteiger partial charge on any atom is 0.294 e. The number of fused-ring (bicyclic) bond motifs is 1. The first-order valence-corrected chi connectivity index (χ1v) is 10.8. The summed E-state index contributed by atoms with van der Waals surface area (Å²) in [7, 11) is 0. The van der Waals surface area contributed by atoms with Gasteiger partial charge in [-0.3, -0.25) is 14.9 Å². The van der Waals surface area contributed by atoms with Crippen molar-refractivity contribution in [1.29, 1.82) is 0 Å². The molecule has 1 aliphatic heterocycles. The summed E-state index contributed by atoms with van der Waals surface area (Å²) in [6.45, 7) is 0.781. The van der Waals surface area contributed by atoms with Crippen molar-refractivity contribution in [3.05, 3.63) is 82.4 Å². The Morgan fingerprint density at radius 3 is 2.79 bits per heavy atom. The summed E-state index contributed by atoms with van der Waals surface area (Å²) in [5.74, 6) is 0.217. The molecule has 11 heteroatoms. The maximum atomic E-state index is 14.6. The molecular weight excluding hydrogens is 441 g/mol. The van der Waals surface area contributed by atoms with E-state index in [2.05, 4.69) is 20.5 Å². The van der Waals surface area contributed by atoms with Gasteiger partial charge in [0.1, 0.15) is 17.3 Å². The molecule has 2 aromatic heterocycles. The monoisotopic (exact) mass is 461 g/mol. The van der Waals surface area contributed by atoms with Gasteiger partial charge >= 0.3 is 0 Å². The van der Waals surface area contributed by atoms with Gasteiger partial charge in [0, 0.05) is 42.6 Å². The highest BCUT2D eigenvalue weighted by Crippen LogP contribution is 2.28. The number of carbonyl (C=O) groups excluding carboxylic acids is 1. The van der Waals surface area contributed by atoms with Crippen LogP contribution in [0.4, 0.5) is 15.8 Å². The summed E-state index contributed by atoms with van der Waals surface area (Å²) >= 11 is 0. The fraction of sp³-hybridized carbons (Fsp3) is 0.217. The Morgan fingerprint density at radius 2 is 2.00 bits per heavy atom. The molecule has 0 saturated carbocycles. The third-order valence-corrected chi connectivity index (χ3v) is 5.80. The van der Waals surface area contributed by atoms with Crippen LogP contribution in [0.5, 0.6) is 0 Å². The van der Waals surface area contributed by atoms with Crippen molar-refractivity contribution in [1.82, 2.24) is 24.3 Å². The van der Waals surface area contributed by atoms with E-state index >= 15 is 0 Å². The Hall–Kier alpha value is -4.41. The molecule has 3 heterocycles. The third-order valence-electron chi connectivity index (χ3n) is 5.80. The van der Waals surface area contributed by atoms with Crippen molar-refractivity contribution in [2.45, 2.75) is 32.2 Å². The highest BCUT2D eigenvalue weighted by atomic mass is 19.1. The molecule has 1 amide bonds. The zero-order valence-electron chi connectivity index (χ0n) is 18.0. The molecule has 5 rings (SSSR count). The van der Waals surface area contributed by atoms with Crippen molar-refractivity contribution in [3.63, 3.8) is 0 Å². The predicted molar refractivity (Wildman–Crippen MR) is 121 cm³/mol. The van der Waals surface area contributed by atoms with Gasteiger partial charge in [-0.1, -0.05) is 6.42 Å². The second-order valence-electron chi connectivity index (χ2n) is 7.98. The number of carbonyl (C=O) groups is 1. The minimum Gasteiger partial charge on any atom is -0.319 e. The number of imidazole rings is 1. The van der Waals surface area contributed by atoms with Crippen LogP contribution < -0.4 is 5.32 Å². The number of nitrogens with zero attached hydrogens (tertiary/aromatic N) is 6.